The van der Waals surface area contributed by atoms with Crippen LogP contribution in [-0.2, 0) is 11.3 Å². The molecule has 3 N–H and O–H groups in total. The van der Waals surface area contributed by atoms with E-state index in [4.69, 9.17) is 0 Å². The molecule has 2 heterocycles. The molecule has 2 atom stereocenters. The van der Waals surface area contributed by atoms with Gasteiger partial charge in [0.15, 0.2) is 0 Å². The monoisotopic (exact) mass is 358 g/mol. The van der Waals surface area contributed by atoms with Crippen LogP contribution in [0.25, 0.3) is 0 Å². The van der Waals surface area contributed by atoms with Gasteiger partial charge in [0.05, 0.1) is 12.0 Å². The molecule has 0 spiro atoms. The molecule has 7 heteroatoms. The van der Waals surface area contributed by atoms with E-state index in [2.05, 4.69) is 16.2 Å². The Bertz CT molecular complexity index is 728. The Morgan fingerprint density at radius 2 is 2.00 bits per heavy atom. The minimum atomic E-state index is -0.126. The van der Waals surface area contributed by atoms with E-state index in [0.717, 1.165) is 11.1 Å². The van der Waals surface area contributed by atoms with E-state index in [-0.39, 0.29) is 23.8 Å². The first-order valence-electron chi connectivity index (χ1n) is 8.15. The number of hydrogen-bond acceptors (Lipinski definition) is 5. The van der Waals surface area contributed by atoms with Crippen molar-refractivity contribution in [2.75, 3.05) is 20.6 Å². The number of hydrazine groups is 1. The molecule has 0 radical (unpaired) electrons. The normalized spacial score (nSPS) is 19.6. The van der Waals surface area contributed by atoms with Gasteiger partial charge in [-0.05, 0) is 22.6 Å². The summed E-state index contributed by atoms with van der Waals surface area (Å²) in [4.78, 5) is 25.9. The number of benzene rings is 1. The second-order valence-corrected chi connectivity index (χ2v) is 7.06. The SMILES string of the molecule is CN(C)C(=O)C1CNNC1c1ccc(CNC(=O)c2ccsc2)cc1. The van der Waals surface area contributed by atoms with Crippen molar-refractivity contribution in [3.63, 3.8) is 0 Å². The summed E-state index contributed by atoms with van der Waals surface area (Å²) in [5.41, 5.74) is 9.02. The summed E-state index contributed by atoms with van der Waals surface area (Å²) in [7, 11) is 3.55. The summed E-state index contributed by atoms with van der Waals surface area (Å²) < 4.78 is 0. The maximum absolute atomic E-state index is 12.3. The fourth-order valence-electron chi connectivity index (χ4n) is 2.90. The third-order valence-electron chi connectivity index (χ3n) is 4.32. The van der Waals surface area contributed by atoms with Crippen molar-refractivity contribution >= 4 is 23.2 Å². The molecule has 2 amide bonds. The number of amides is 2. The van der Waals surface area contributed by atoms with Crippen molar-refractivity contribution in [3.05, 3.63) is 57.8 Å². The van der Waals surface area contributed by atoms with Gasteiger partial charge >= 0.3 is 0 Å². The standard InChI is InChI=1S/C18H22N4O2S/c1-22(2)18(24)15-10-20-21-16(15)13-5-3-12(4-6-13)9-19-17(23)14-7-8-25-11-14/h3-8,11,15-16,20-21H,9-10H2,1-2H3,(H,19,23). The lowest BCUT2D eigenvalue weighted by atomic mass is 9.93. The lowest BCUT2D eigenvalue weighted by molar-refractivity contribution is -0.132. The molecule has 6 nitrogen and oxygen atoms in total. The van der Waals surface area contributed by atoms with E-state index in [1.807, 2.05) is 41.1 Å². The first-order valence-corrected chi connectivity index (χ1v) is 9.09. The van der Waals surface area contributed by atoms with Crippen LogP contribution < -0.4 is 16.2 Å². The molecular weight excluding hydrogens is 336 g/mol. The van der Waals surface area contributed by atoms with Crippen LogP contribution in [0.1, 0.15) is 27.5 Å². The second kappa shape index (κ2) is 7.77. The summed E-state index contributed by atoms with van der Waals surface area (Å²) in [5.74, 6) is -0.0858. The molecule has 0 bridgehead atoms. The van der Waals surface area contributed by atoms with Crippen LogP contribution in [0.5, 0.6) is 0 Å². The van der Waals surface area contributed by atoms with Crippen LogP contribution in [0.15, 0.2) is 41.1 Å². The predicted molar refractivity (Wildman–Crippen MR) is 98.0 cm³/mol. The van der Waals surface area contributed by atoms with Gasteiger partial charge in [-0.3, -0.25) is 15.0 Å². The number of rotatable bonds is 5. The Morgan fingerprint density at radius 1 is 1.24 bits per heavy atom. The van der Waals surface area contributed by atoms with Crippen LogP contribution in [0, 0.1) is 5.92 Å². The molecule has 1 aromatic heterocycles. The third-order valence-corrected chi connectivity index (χ3v) is 5.00. The van der Waals surface area contributed by atoms with Crippen LogP contribution in [0.3, 0.4) is 0 Å². The molecule has 132 valence electrons. The zero-order chi connectivity index (χ0) is 17.8. The summed E-state index contributed by atoms with van der Waals surface area (Å²) in [6, 6.07) is 9.74. The van der Waals surface area contributed by atoms with Crippen LogP contribution in [0.2, 0.25) is 0 Å². The number of carbonyl (C=O) groups is 2. The fraction of sp³-hybridized carbons (Fsp3) is 0.333. The average molecular weight is 358 g/mol. The van der Waals surface area contributed by atoms with Gasteiger partial charge in [-0.2, -0.15) is 11.3 Å². The third kappa shape index (κ3) is 4.07. The van der Waals surface area contributed by atoms with Crippen LogP contribution in [-0.4, -0.2) is 37.4 Å². The Labute approximate surface area is 151 Å². The predicted octanol–water partition coefficient (Wildman–Crippen LogP) is 1.53. The largest absolute Gasteiger partial charge is 0.348 e. The molecule has 2 unspecified atom stereocenters. The first kappa shape index (κ1) is 17.6. The van der Waals surface area contributed by atoms with E-state index in [1.165, 1.54) is 11.3 Å². The van der Waals surface area contributed by atoms with Crippen molar-refractivity contribution in [3.8, 4) is 0 Å². The fourth-order valence-corrected chi connectivity index (χ4v) is 3.53. The molecule has 2 aromatic rings. The van der Waals surface area contributed by atoms with Gasteiger partial charge in [0.1, 0.15) is 0 Å². The van der Waals surface area contributed by atoms with Gasteiger partial charge in [-0.1, -0.05) is 24.3 Å². The van der Waals surface area contributed by atoms with Gasteiger partial charge < -0.3 is 10.2 Å². The van der Waals surface area contributed by atoms with Gasteiger partial charge in [0.2, 0.25) is 5.91 Å². The van der Waals surface area contributed by atoms with Crippen molar-refractivity contribution in [1.82, 2.24) is 21.1 Å². The maximum Gasteiger partial charge on any atom is 0.252 e. The van der Waals surface area contributed by atoms with Crippen molar-refractivity contribution in [1.29, 1.82) is 0 Å². The molecular formula is C18H22N4O2S. The lowest BCUT2D eigenvalue weighted by Gasteiger charge is -2.21. The molecule has 1 aliphatic heterocycles. The zero-order valence-electron chi connectivity index (χ0n) is 14.3. The number of thiophene rings is 1. The molecule has 25 heavy (non-hydrogen) atoms. The molecule has 1 saturated heterocycles. The Hall–Kier alpha value is -2.22. The molecule has 1 aliphatic rings. The summed E-state index contributed by atoms with van der Waals surface area (Å²) in [6.07, 6.45) is 0. The molecule has 0 aliphatic carbocycles. The van der Waals surface area contributed by atoms with Crippen LogP contribution in [0.4, 0.5) is 0 Å². The average Bonchev–Trinajstić information content (AvgIpc) is 3.30. The van der Waals surface area contributed by atoms with Crippen molar-refractivity contribution < 1.29 is 9.59 Å². The Balaban J connectivity index is 1.62. The highest BCUT2D eigenvalue weighted by Gasteiger charge is 2.34. The van der Waals surface area contributed by atoms with Gasteiger partial charge in [0, 0.05) is 38.1 Å². The van der Waals surface area contributed by atoms with E-state index in [9.17, 15) is 9.59 Å². The number of nitrogens with zero attached hydrogens (tertiary/aromatic N) is 1. The highest BCUT2D eigenvalue weighted by Crippen LogP contribution is 2.26. The summed E-state index contributed by atoms with van der Waals surface area (Å²) in [6.45, 7) is 1.09. The number of hydrogen-bond donors (Lipinski definition) is 3. The minimum Gasteiger partial charge on any atom is -0.348 e. The van der Waals surface area contributed by atoms with Crippen molar-refractivity contribution in [2.24, 2.45) is 5.92 Å². The van der Waals surface area contributed by atoms with Crippen molar-refractivity contribution in [2.45, 2.75) is 12.6 Å². The Morgan fingerprint density at radius 3 is 2.64 bits per heavy atom. The van der Waals surface area contributed by atoms with E-state index < -0.39 is 0 Å². The van der Waals surface area contributed by atoms with Crippen LogP contribution >= 0.6 is 11.3 Å². The zero-order valence-corrected chi connectivity index (χ0v) is 15.1. The smallest absolute Gasteiger partial charge is 0.252 e. The molecule has 0 saturated carbocycles. The lowest BCUT2D eigenvalue weighted by Crippen LogP contribution is -2.34. The topological polar surface area (TPSA) is 73.5 Å². The van der Waals surface area contributed by atoms with E-state index in [0.29, 0.717) is 18.7 Å². The van der Waals surface area contributed by atoms with Gasteiger partial charge in [-0.15, -0.1) is 0 Å². The first-order chi connectivity index (χ1) is 12.1. The maximum atomic E-state index is 12.3. The summed E-state index contributed by atoms with van der Waals surface area (Å²) in [5, 5.41) is 6.63. The molecule has 3 rings (SSSR count). The Kier molecular flexibility index (Phi) is 5.47. The van der Waals surface area contributed by atoms with E-state index in [1.54, 1.807) is 19.0 Å². The molecule has 1 fully saturated rings. The quantitative estimate of drug-likeness (QED) is 0.758. The van der Waals surface area contributed by atoms with E-state index >= 15 is 0 Å². The van der Waals surface area contributed by atoms with Gasteiger partial charge in [0.25, 0.3) is 5.91 Å². The highest BCUT2D eigenvalue weighted by atomic mass is 32.1. The van der Waals surface area contributed by atoms with Gasteiger partial charge in [-0.25, -0.2) is 5.43 Å². The molecule has 1 aromatic carbocycles. The number of carbonyl (C=O) groups excluding carboxylic acids is 2. The second-order valence-electron chi connectivity index (χ2n) is 6.28. The number of nitrogens with one attached hydrogen (secondary N) is 3. The highest BCUT2D eigenvalue weighted by molar-refractivity contribution is 7.08. The minimum absolute atomic E-state index is 0.0515. The summed E-state index contributed by atoms with van der Waals surface area (Å²) >= 11 is 1.51.